The number of para-hydroxylation sites is 1. The third-order valence-corrected chi connectivity index (χ3v) is 4.74. The molecule has 20 heavy (non-hydrogen) atoms. The number of hydrogen-bond donors (Lipinski definition) is 1. The molecule has 1 N–H and O–H groups in total. The second kappa shape index (κ2) is 5.08. The van der Waals surface area contributed by atoms with Crippen LogP contribution in [0.1, 0.15) is 6.92 Å². The average molecular weight is 321 g/mol. The largest absolute Gasteiger partial charge is 0.317 e. The molecule has 0 radical (unpaired) electrons. The Labute approximate surface area is 128 Å². The van der Waals surface area contributed by atoms with E-state index >= 15 is 0 Å². The van der Waals surface area contributed by atoms with Gasteiger partial charge in [-0.2, -0.15) is 0 Å². The molecule has 3 rings (SSSR count). The van der Waals surface area contributed by atoms with Gasteiger partial charge in [-0.1, -0.05) is 29.5 Å². The lowest BCUT2D eigenvalue weighted by Crippen LogP contribution is -2.20. The number of fused-ring (bicyclic) bond motifs is 1. The van der Waals surface area contributed by atoms with Crippen molar-refractivity contribution in [3.05, 3.63) is 49.4 Å². The van der Waals surface area contributed by atoms with Crippen molar-refractivity contribution < 1.29 is 0 Å². The molecule has 0 bridgehead atoms. The van der Waals surface area contributed by atoms with Crippen molar-refractivity contribution in [3.8, 4) is 5.69 Å². The maximum atomic E-state index is 12.4. The summed E-state index contributed by atoms with van der Waals surface area (Å²) in [6.45, 7) is 2.43. The molecule has 0 aliphatic carbocycles. The normalized spacial score (nSPS) is 11.1. The van der Waals surface area contributed by atoms with Gasteiger partial charge in [0.1, 0.15) is 10.3 Å². The molecule has 0 saturated carbocycles. The van der Waals surface area contributed by atoms with Gasteiger partial charge in [0, 0.05) is 12.2 Å². The van der Waals surface area contributed by atoms with Crippen LogP contribution >= 0.6 is 35.8 Å². The van der Waals surface area contributed by atoms with Crippen molar-refractivity contribution in [2.45, 2.75) is 13.5 Å². The van der Waals surface area contributed by atoms with E-state index in [1.165, 1.54) is 15.9 Å². The van der Waals surface area contributed by atoms with Crippen molar-refractivity contribution in [1.82, 2.24) is 14.1 Å². The highest BCUT2D eigenvalue weighted by molar-refractivity contribution is 7.73. The molecule has 1 aromatic carbocycles. The fourth-order valence-electron chi connectivity index (χ4n) is 2.11. The Kier molecular flexibility index (Phi) is 3.41. The highest BCUT2D eigenvalue weighted by Crippen LogP contribution is 2.22. The maximum absolute atomic E-state index is 12.4. The Balaban J connectivity index is 2.48. The summed E-state index contributed by atoms with van der Waals surface area (Å²) in [6.07, 6.45) is 0. The van der Waals surface area contributed by atoms with E-state index in [9.17, 15) is 4.79 Å². The van der Waals surface area contributed by atoms with Crippen LogP contribution in [0.2, 0.25) is 0 Å². The lowest BCUT2D eigenvalue weighted by molar-refractivity contribution is 0.704. The summed E-state index contributed by atoms with van der Waals surface area (Å²) in [5.41, 5.74) is 1.51. The molecule has 4 nitrogen and oxygen atoms in total. The molecule has 2 aromatic heterocycles. The fourth-order valence-corrected chi connectivity index (χ4v) is 3.77. The molecule has 0 saturated heterocycles. The second-order valence-electron chi connectivity index (χ2n) is 4.20. The molecule has 2 heterocycles. The van der Waals surface area contributed by atoms with Gasteiger partial charge in [-0.05, 0) is 43.5 Å². The zero-order chi connectivity index (χ0) is 14.3. The lowest BCUT2D eigenvalue weighted by atomic mass is 10.3. The molecule has 102 valence electrons. The number of nitrogens with zero attached hydrogens (tertiary/aromatic N) is 2. The molecule has 0 aliphatic heterocycles. The van der Waals surface area contributed by atoms with Crippen LogP contribution in [0, 0.1) is 8.73 Å². The molecule has 0 unspecified atom stereocenters. The Bertz CT molecular complexity index is 947. The van der Waals surface area contributed by atoms with Gasteiger partial charge >= 0.3 is 0 Å². The SMILES string of the molecule is CCn1c(=S)[nH]c2c(sc(=S)n2-c2ccccc2)c1=O. The number of benzene rings is 1. The van der Waals surface area contributed by atoms with Crippen LogP contribution in [0.5, 0.6) is 0 Å². The summed E-state index contributed by atoms with van der Waals surface area (Å²) < 4.78 is 5.05. The molecular weight excluding hydrogens is 310 g/mol. The summed E-state index contributed by atoms with van der Waals surface area (Å²) in [5, 5.41) is 0. The van der Waals surface area contributed by atoms with Crippen LogP contribution in [0.25, 0.3) is 16.0 Å². The first kappa shape index (κ1) is 13.4. The van der Waals surface area contributed by atoms with E-state index in [0.717, 1.165) is 5.69 Å². The predicted molar refractivity (Wildman–Crippen MR) is 87.1 cm³/mol. The number of thiazole rings is 1. The van der Waals surface area contributed by atoms with Crippen LogP contribution in [0.3, 0.4) is 0 Å². The molecule has 7 heteroatoms. The first-order valence-corrected chi connectivity index (χ1v) is 7.71. The third kappa shape index (κ3) is 1.98. The van der Waals surface area contributed by atoms with E-state index in [1.54, 1.807) is 0 Å². The monoisotopic (exact) mass is 321 g/mol. The van der Waals surface area contributed by atoms with Crippen molar-refractivity contribution in [2.75, 3.05) is 0 Å². The van der Waals surface area contributed by atoms with E-state index in [0.29, 0.717) is 25.6 Å². The summed E-state index contributed by atoms with van der Waals surface area (Å²) >= 11 is 12.0. The van der Waals surface area contributed by atoms with Crippen LogP contribution in [0.15, 0.2) is 35.1 Å². The minimum atomic E-state index is -0.0861. The minimum Gasteiger partial charge on any atom is -0.317 e. The first-order valence-electron chi connectivity index (χ1n) is 6.07. The topological polar surface area (TPSA) is 42.7 Å². The zero-order valence-corrected chi connectivity index (χ0v) is 13.1. The fraction of sp³-hybridized carbons (Fsp3) is 0.154. The van der Waals surface area contributed by atoms with Gasteiger partial charge in [-0.15, -0.1) is 0 Å². The molecule has 3 aromatic rings. The van der Waals surface area contributed by atoms with E-state index in [-0.39, 0.29) is 5.56 Å². The van der Waals surface area contributed by atoms with Crippen LogP contribution < -0.4 is 5.56 Å². The van der Waals surface area contributed by atoms with Gasteiger partial charge in [0.2, 0.25) is 0 Å². The van der Waals surface area contributed by atoms with Crippen LogP contribution in [0.4, 0.5) is 0 Å². The van der Waals surface area contributed by atoms with Crippen molar-refractivity contribution >= 4 is 46.1 Å². The van der Waals surface area contributed by atoms with Gasteiger partial charge in [0.15, 0.2) is 8.73 Å². The Morgan fingerprint density at radius 1 is 1.25 bits per heavy atom. The van der Waals surface area contributed by atoms with Crippen molar-refractivity contribution in [3.63, 3.8) is 0 Å². The number of aromatic nitrogens is 3. The number of H-pyrrole nitrogens is 1. The molecule has 0 aliphatic rings. The lowest BCUT2D eigenvalue weighted by Gasteiger charge is -2.06. The van der Waals surface area contributed by atoms with E-state index in [1.807, 2.05) is 41.8 Å². The third-order valence-electron chi connectivity index (χ3n) is 3.05. The highest BCUT2D eigenvalue weighted by Gasteiger charge is 2.12. The standard InChI is InChI=1S/C13H11N3OS3/c1-2-15-11(17)9-10(14-12(15)18)16(13(19)20-9)8-6-4-3-5-7-8/h3-7H,2H2,1H3,(H,14,18). The predicted octanol–water partition coefficient (Wildman–Crippen LogP) is 3.66. The first-order chi connectivity index (χ1) is 9.63. The zero-order valence-electron chi connectivity index (χ0n) is 10.6. The number of nitrogens with one attached hydrogen (secondary N) is 1. The van der Waals surface area contributed by atoms with E-state index in [2.05, 4.69) is 4.98 Å². The minimum absolute atomic E-state index is 0.0861. The van der Waals surface area contributed by atoms with Gasteiger partial charge in [-0.3, -0.25) is 13.9 Å². The Morgan fingerprint density at radius 2 is 1.95 bits per heavy atom. The van der Waals surface area contributed by atoms with Crippen molar-refractivity contribution in [1.29, 1.82) is 0 Å². The van der Waals surface area contributed by atoms with Gasteiger partial charge in [0.05, 0.1) is 0 Å². The molecule has 0 fully saturated rings. The van der Waals surface area contributed by atoms with Crippen LogP contribution in [-0.2, 0) is 6.54 Å². The van der Waals surface area contributed by atoms with Gasteiger partial charge in [0.25, 0.3) is 5.56 Å². The summed E-state index contributed by atoms with van der Waals surface area (Å²) in [4.78, 5) is 15.5. The highest BCUT2D eigenvalue weighted by atomic mass is 32.1. The van der Waals surface area contributed by atoms with Crippen LogP contribution in [-0.4, -0.2) is 14.1 Å². The summed E-state index contributed by atoms with van der Waals surface area (Å²) in [6, 6.07) is 9.70. The quantitative estimate of drug-likeness (QED) is 0.733. The molecule has 0 amide bonds. The molecule has 0 atom stereocenters. The summed E-state index contributed by atoms with van der Waals surface area (Å²) in [5.74, 6) is 0. The van der Waals surface area contributed by atoms with E-state index in [4.69, 9.17) is 24.4 Å². The van der Waals surface area contributed by atoms with Gasteiger partial charge in [-0.25, -0.2) is 0 Å². The number of rotatable bonds is 2. The van der Waals surface area contributed by atoms with E-state index < -0.39 is 0 Å². The second-order valence-corrected chi connectivity index (χ2v) is 6.23. The number of aromatic amines is 1. The smallest absolute Gasteiger partial charge is 0.273 e. The average Bonchev–Trinajstić information content (AvgIpc) is 2.77. The Hall–Kier alpha value is -1.57. The number of hydrogen-bond acceptors (Lipinski definition) is 4. The van der Waals surface area contributed by atoms with Gasteiger partial charge < -0.3 is 4.98 Å². The molecule has 0 spiro atoms. The maximum Gasteiger partial charge on any atom is 0.273 e. The summed E-state index contributed by atoms with van der Waals surface area (Å²) in [7, 11) is 0. The van der Waals surface area contributed by atoms with Crippen molar-refractivity contribution in [2.24, 2.45) is 0 Å². The Morgan fingerprint density at radius 3 is 2.60 bits per heavy atom. The molecular formula is C13H11N3OS3.